The lowest BCUT2D eigenvalue weighted by atomic mass is 10.1. The van der Waals surface area contributed by atoms with Crippen LogP contribution in [0, 0.1) is 17.0 Å². The molecule has 1 aliphatic rings. The SMILES string of the molecule is Cc1ccc(CCNc2ccc(C(=O)NC3CC3)cc2[N+](=O)[O-])cn1. The third kappa shape index (κ3) is 4.53. The van der Waals surface area contributed by atoms with Crippen LogP contribution in [0.4, 0.5) is 11.4 Å². The minimum absolute atomic E-state index is 0.0921. The molecule has 0 aliphatic heterocycles. The quantitative estimate of drug-likeness (QED) is 0.597. The molecule has 0 atom stereocenters. The van der Waals surface area contributed by atoms with Crippen LogP contribution in [0.25, 0.3) is 0 Å². The molecule has 1 aromatic heterocycles. The van der Waals surface area contributed by atoms with Crippen LogP contribution >= 0.6 is 0 Å². The van der Waals surface area contributed by atoms with Gasteiger partial charge in [0.25, 0.3) is 11.6 Å². The van der Waals surface area contributed by atoms with Crippen LogP contribution in [-0.2, 0) is 6.42 Å². The Morgan fingerprint density at radius 3 is 2.76 bits per heavy atom. The largest absolute Gasteiger partial charge is 0.379 e. The highest BCUT2D eigenvalue weighted by Crippen LogP contribution is 2.26. The summed E-state index contributed by atoms with van der Waals surface area (Å²) in [7, 11) is 0. The molecule has 2 N–H and O–H groups in total. The van der Waals surface area contributed by atoms with E-state index in [0.29, 0.717) is 24.2 Å². The molecule has 1 aliphatic carbocycles. The monoisotopic (exact) mass is 340 g/mol. The second kappa shape index (κ2) is 7.29. The molecule has 0 unspecified atom stereocenters. The van der Waals surface area contributed by atoms with Crippen LogP contribution in [0.3, 0.4) is 0 Å². The van der Waals surface area contributed by atoms with E-state index in [1.165, 1.54) is 6.07 Å². The summed E-state index contributed by atoms with van der Waals surface area (Å²) in [4.78, 5) is 27.1. The highest BCUT2D eigenvalue weighted by atomic mass is 16.6. The minimum atomic E-state index is -0.469. The first-order valence-corrected chi connectivity index (χ1v) is 8.27. The Balaban J connectivity index is 1.66. The van der Waals surface area contributed by atoms with Gasteiger partial charge >= 0.3 is 0 Å². The molecule has 1 heterocycles. The summed E-state index contributed by atoms with van der Waals surface area (Å²) >= 11 is 0. The third-order valence-electron chi connectivity index (χ3n) is 4.07. The van der Waals surface area contributed by atoms with Gasteiger partial charge in [0.15, 0.2) is 0 Å². The number of nitro benzene ring substituents is 1. The summed E-state index contributed by atoms with van der Waals surface area (Å²) in [5.74, 6) is -0.261. The van der Waals surface area contributed by atoms with Gasteiger partial charge in [-0.05, 0) is 49.9 Å². The van der Waals surface area contributed by atoms with Gasteiger partial charge in [0.2, 0.25) is 0 Å². The van der Waals surface area contributed by atoms with E-state index < -0.39 is 4.92 Å². The van der Waals surface area contributed by atoms with Crippen LogP contribution in [0.2, 0.25) is 0 Å². The number of rotatable bonds is 7. The molecule has 7 heteroatoms. The second-order valence-corrected chi connectivity index (χ2v) is 6.22. The molecule has 1 fully saturated rings. The summed E-state index contributed by atoms with van der Waals surface area (Å²) in [6.45, 7) is 2.46. The lowest BCUT2D eigenvalue weighted by molar-refractivity contribution is -0.384. The molecule has 7 nitrogen and oxygen atoms in total. The van der Waals surface area contributed by atoms with Crippen molar-refractivity contribution in [3.63, 3.8) is 0 Å². The first kappa shape index (κ1) is 16.9. The lowest BCUT2D eigenvalue weighted by Gasteiger charge is -2.09. The summed E-state index contributed by atoms with van der Waals surface area (Å²) in [6.07, 6.45) is 4.45. The predicted octanol–water partition coefficient (Wildman–Crippen LogP) is 2.85. The van der Waals surface area contributed by atoms with Gasteiger partial charge in [-0.25, -0.2) is 0 Å². The number of amides is 1. The number of carbonyl (C=O) groups is 1. The molecule has 130 valence electrons. The number of anilines is 1. The van der Waals surface area contributed by atoms with Crippen LogP contribution < -0.4 is 10.6 Å². The summed E-state index contributed by atoms with van der Waals surface area (Å²) in [5, 5.41) is 17.2. The van der Waals surface area contributed by atoms with Gasteiger partial charge in [-0.3, -0.25) is 19.9 Å². The van der Waals surface area contributed by atoms with E-state index in [2.05, 4.69) is 15.6 Å². The van der Waals surface area contributed by atoms with Gasteiger partial charge in [-0.15, -0.1) is 0 Å². The van der Waals surface area contributed by atoms with Crippen LogP contribution in [-0.4, -0.2) is 28.4 Å². The van der Waals surface area contributed by atoms with Crippen molar-refractivity contribution in [2.45, 2.75) is 32.2 Å². The summed E-state index contributed by atoms with van der Waals surface area (Å²) in [6, 6.07) is 8.67. The molecular formula is C18H20N4O3. The maximum absolute atomic E-state index is 12.0. The van der Waals surface area contributed by atoms with Crippen molar-refractivity contribution < 1.29 is 9.72 Å². The van der Waals surface area contributed by atoms with Crippen LogP contribution in [0.1, 0.15) is 34.5 Å². The van der Waals surface area contributed by atoms with Crippen LogP contribution in [0.5, 0.6) is 0 Å². The zero-order valence-electron chi connectivity index (χ0n) is 14.0. The Kier molecular flexibility index (Phi) is 4.92. The number of carbonyl (C=O) groups excluding carboxylic acids is 1. The van der Waals surface area contributed by atoms with Crippen molar-refractivity contribution in [3.05, 3.63) is 63.5 Å². The smallest absolute Gasteiger partial charge is 0.293 e. The summed E-state index contributed by atoms with van der Waals surface area (Å²) < 4.78 is 0. The van der Waals surface area contributed by atoms with Gasteiger partial charge in [-0.2, -0.15) is 0 Å². The van der Waals surface area contributed by atoms with Gasteiger partial charge < -0.3 is 10.6 Å². The average molecular weight is 340 g/mol. The van der Waals surface area contributed by atoms with Crippen molar-refractivity contribution in [1.82, 2.24) is 10.3 Å². The lowest BCUT2D eigenvalue weighted by Crippen LogP contribution is -2.25. The molecule has 25 heavy (non-hydrogen) atoms. The Labute approximate surface area is 145 Å². The molecule has 0 bridgehead atoms. The fourth-order valence-corrected chi connectivity index (χ4v) is 2.46. The normalized spacial score (nSPS) is 13.3. The number of benzene rings is 1. The van der Waals surface area contributed by atoms with E-state index in [0.717, 1.165) is 24.1 Å². The first-order chi connectivity index (χ1) is 12.0. The predicted molar refractivity (Wildman–Crippen MR) is 94.8 cm³/mol. The second-order valence-electron chi connectivity index (χ2n) is 6.22. The number of aromatic nitrogens is 1. The van der Waals surface area contributed by atoms with Crippen molar-refractivity contribution in [2.75, 3.05) is 11.9 Å². The maximum Gasteiger partial charge on any atom is 0.293 e. The standard InChI is InChI=1S/C18H20N4O3/c1-12-2-3-13(11-20-12)8-9-19-16-7-4-14(10-17(16)22(24)25)18(23)21-15-5-6-15/h2-4,7,10-11,15,19H,5-6,8-9H2,1H3,(H,21,23). The van der Waals surface area contributed by atoms with E-state index in [4.69, 9.17) is 0 Å². The number of hydrogen-bond acceptors (Lipinski definition) is 5. The number of pyridine rings is 1. The van der Waals surface area contributed by atoms with Crippen LogP contribution in [0.15, 0.2) is 36.5 Å². The van der Waals surface area contributed by atoms with Crippen molar-refractivity contribution in [1.29, 1.82) is 0 Å². The van der Waals surface area contributed by atoms with E-state index in [-0.39, 0.29) is 17.6 Å². The zero-order chi connectivity index (χ0) is 17.8. The topological polar surface area (TPSA) is 97.2 Å². The molecule has 3 rings (SSSR count). The number of aryl methyl sites for hydroxylation is 1. The van der Waals surface area contributed by atoms with Gasteiger partial charge in [0.05, 0.1) is 4.92 Å². The first-order valence-electron chi connectivity index (χ1n) is 8.27. The molecule has 1 saturated carbocycles. The average Bonchev–Trinajstić information content (AvgIpc) is 3.40. The molecule has 1 aromatic carbocycles. The fourth-order valence-electron chi connectivity index (χ4n) is 2.46. The minimum Gasteiger partial charge on any atom is -0.379 e. The van der Waals surface area contributed by atoms with Gasteiger partial charge in [-0.1, -0.05) is 6.07 Å². The molecule has 0 saturated heterocycles. The number of nitro groups is 1. The Morgan fingerprint density at radius 1 is 1.32 bits per heavy atom. The Bertz CT molecular complexity index is 785. The molecule has 2 aromatic rings. The molecule has 1 amide bonds. The van der Waals surface area contributed by atoms with Crippen molar-refractivity contribution in [2.24, 2.45) is 0 Å². The van der Waals surface area contributed by atoms with E-state index in [9.17, 15) is 14.9 Å². The van der Waals surface area contributed by atoms with Gasteiger partial charge in [0.1, 0.15) is 5.69 Å². The number of hydrogen-bond donors (Lipinski definition) is 2. The zero-order valence-corrected chi connectivity index (χ0v) is 14.0. The highest BCUT2D eigenvalue weighted by molar-refractivity contribution is 5.96. The van der Waals surface area contributed by atoms with Crippen molar-refractivity contribution >= 4 is 17.3 Å². The van der Waals surface area contributed by atoms with E-state index in [1.807, 2.05) is 19.1 Å². The molecule has 0 spiro atoms. The van der Waals surface area contributed by atoms with E-state index in [1.54, 1.807) is 18.3 Å². The third-order valence-corrected chi connectivity index (χ3v) is 4.07. The molecule has 0 radical (unpaired) electrons. The molecular weight excluding hydrogens is 320 g/mol. The van der Waals surface area contributed by atoms with Gasteiger partial charge in [0, 0.05) is 36.1 Å². The maximum atomic E-state index is 12.0. The Hall–Kier alpha value is -2.96. The van der Waals surface area contributed by atoms with E-state index >= 15 is 0 Å². The highest BCUT2D eigenvalue weighted by Gasteiger charge is 2.25. The number of nitrogens with zero attached hydrogens (tertiary/aromatic N) is 2. The number of nitrogens with one attached hydrogen (secondary N) is 2. The summed E-state index contributed by atoms with van der Waals surface area (Å²) in [5.41, 5.74) is 2.64. The van der Waals surface area contributed by atoms with Crippen molar-refractivity contribution in [3.8, 4) is 0 Å². The fraction of sp³-hybridized carbons (Fsp3) is 0.333. The Morgan fingerprint density at radius 2 is 2.12 bits per heavy atom.